The average molecular weight is 438 g/mol. The van der Waals surface area contributed by atoms with Crippen LogP contribution in [0, 0.1) is 0 Å². The summed E-state index contributed by atoms with van der Waals surface area (Å²) in [7, 11) is 1.58. The summed E-state index contributed by atoms with van der Waals surface area (Å²) in [5, 5.41) is 8.83. The highest BCUT2D eigenvalue weighted by atomic mass is 32.1. The molecule has 3 rings (SSSR count). The van der Waals surface area contributed by atoms with Crippen LogP contribution in [-0.2, 0) is 4.79 Å². The molecule has 31 heavy (non-hydrogen) atoms. The average Bonchev–Trinajstić information content (AvgIpc) is 2.79. The molecule has 1 saturated carbocycles. The van der Waals surface area contributed by atoms with E-state index in [1.807, 2.05) is 24.3 Å². The minimum absolute atomic E-state index is 0.0594. The number of para-hydroxylation sites is 1. The summed E-state index contributed by atoms with van der Waals surface area (Å²) in [5.74, 6) is 0.266. The molecule has 162 valence electrons. The molecule has 2 amide bonds. The van der Waals surface area contributed by atoms with Gasteiger partial charge in [-0.15, -0.1) is 0 Å². The number of methoxy groups -OCH3 is 1. The first-order chi connectivity index (χ1) is 15.0. The summed E-state index contributed by atoms with van der Waals surface area (Å²) in [4.78, 5) is 24.5. The molecule has 1 aliphatic rings. The van der Waals surface area contributed by atoms with Crippen LogP contribution in [0.15, 0.2) is 54.6 Å². The second kappa shape index (κ2) is 11.3. The third kappa shape index (κ3) is 6.93. The molecule has 0 radical (unpaired) electrons. The molecular formula is C24H27N3O3S. The van der Waals surface area contributed by atoms with Crippen molar-refractivity contribution in [3.63, 3.8) is 0 Å². The van der Waals surface area contributed by atoms with Gasteiger partial charge in [-0.25, -0.2) is 0 Å². The molecule has 0 bridgehead atoms. The Morgan fingerprint density at radius 3 is 2.45 bits per heavy atom. The van der Waals surface area contributed by atoms with E-state index < -0.39 is 0 Å². The van der Waals surface area contributed by atoms with Gasteiger partial charge in [0.05, 0.1) is 7.11 Å². The summed E-state index contributed by atoms with van der Waals surface area (Å²) in [5.41, 5.74) is 2.08. The van der Waals surface area contributed by atoms with Gasteiger partial charge in [0, 0.05) is 28.9 Å². The highest BCUT2D eigenvalue weighted by Crippen LogP contribution is 2.19. The van der Waals surface area contributed by atoms with Crippen LogP contribution >= 0.6 is 12.2 Å². The van der Waals surface area contributed by atoms with Crippen molar-refractivity contribution in [3.05, 3.63) is 65.7 Å². The Kier molecular flexibility index (Phi) is 8.18. The predicted molar refractivity (Wildman–Crippen MR) is 127 cm³/mol. The zero-order valence-electron chi connectivity index (χ0n) is 17.5. The standard InChI is InChI=1S/C24H27N3O3S/c1-30-21-10-6-5-7-17(21)13-16-22(28)27-24(31)26-20-14-11-18(12-15-20)23(29)25-19-8-3-2-4-9-19/h5-7,10-16,19H,2-4,8-9H2,1H3,(H,25,29)(H2,26,27,28,31)/b16-13+. The summed E-state index contributed by atoms with van der Waals surface area (Å²) < 4.78 is 5.26. The van der Waals surface area contributed by atoms with Crippen LogP contribution in [0.5, 0.6) is 5.75 Å². The number of carbonyl (C=O) groups excluding carboxylic acids is 2. The summed E-state index contributed by atoms with van der Waals surface area (Å²) in [6.45, 7) is 0. The van der Waals surface area contributed by atoms with Crippen molar-refractivity contribution in [2.75, 3.05) is 12.4 Å². The number of carbonyl (C=O) groups is 2. The van der Waals surface area contributed by atoms with Crippen LogP contribution in [-0.4, -0.2) is 30.1 Å². The third-order valence-electron chi connectivity index (χ3n) is 5.14. The molecule has 0 aliphatic heterocycles. The predicted octanol–water partition coefficient (Wildman–Crippen LogP) is 4.28. The number of anilines is 1. The molecule has 0 aromatic heterocycles. The van der Waals surface area contributed by atoms with Crippen molar-refractivity contribution in [2.24, 2.45) is 0 Å². The second-order valence-electron chi connectivity index (χ2n) is 7.40. The fraction of sp³-hybridized carbons (Fsp3) is 0.292. The molecular weight excluding hydrogens is 410 g/mol. The number of hydrogen-bond acceptors (Lipinski definition) is 4. The van der Waals surface area contributed by atoms with Gasteiger partial charge >= 0.3 is 0 Å². The Bertz CT molecular complexity index is 951. The van der Waals surface area contributed by atoms with E-state index in [0.717, 1.165) is 18.4 Å². The van der Waals surface area contributed by atoms with E-state index in [1.165, 1.54) is 25.3 Å². The van der Waals surface area contributed by atoms with E-state index >= 15 is 0 Å². The number of hydrogen-bond donors (Lipinski definition) is 3. The Balaban J connectivity index is 1.49. The molecule has 0 heterocycles. The maximum absolute atomic E-state index is 12.4. The van der Waals surface area contributed by atoms with Gasteiger partial charge in [-0.2, -0.15) is 0 Å². The van der Waals surface area contributed by atoms with Crippen LogP contribution < -0.4 is 20.7 Å². The van der Waals surface area contributed by atoms with Crippen LogP contribution in [0.3, 0.4) is 0 Å². The van der Waals surface area contributed by atoms with E-state index in [4.69, 9.17) is 17.0 Å². The minimum Gasteiger partial charge on any atom is -0.496 e. The lowest BCUT2D eigenvalue weighted by molar-refractivity contribution is -0.115. The lowest BCUT2D eigenvalue weighted by atomic mass is 9.95. The van der Waals surface area contributed by atoms with Gasteiger partial charge in [-0.1, -0.05) is 37.5 Å². The van der Waals surface area contributed by atoms with E-state index in [9.17, 15) is 9.59 Å². The van der Waals surface area contributed by atoms with Crippen LogP contribution in [0.4, 0.5) is 5.69 Å². The van der Waals surface area contributed by atoms with Gasteiger partial charge in [0.2, 0.25) is 5.91 Å². The van der Waals surface area contributed by atoms with Gasteiger partial charge in [-0.05, 0) is 61.5 Å². The van der Waals surface area contributed by atoms with Crippen molar-refractivity contribution < 1.29 is 14.3 Å². The molecule has 0 atom stereocenters. The first-order valence-electron chi connectivity index (χ1n) is 10.4. The Hall–Kier alpha value is -3.19. The zero-order chi connectivity index (χ0) is 22.1. The first-order valence-corrected chi connectivity index (χ1v) is 10.8. The largest absolute Gasteiger partial charge is 0.496 e. The van der Waals surface area contributed by atoms with Crippen molar-refractivity contribution in [1.82, 2.24) is 10.6 Å². The van der Waals surface area contributed by atoms with Crippen molar-refractivity contribution in [2.45, 2.75) is 38.1 Å². The van der Waals surface area contributed by atoms with Crippen molar-refractivity contribution >= 4 is 40.9 Å². The van der Waals surface area contributed by atoms with Crippen molar-refractivity contribution in [3.8, 4) is 5.75 Å². The molecule has 1 aliphatic carbocycles. The van der Waals surface area contributed by atoms with Gasteiger partial charge in [-0.3, -0.25) is 14.9 Å². The van der Waals surface area contributed by atoms with Crippen LogP contribution in [0.25, 0.3) is 6.08 Å². The highest BCUT2D eigenvalue weighted by molar-refractivity contribution is 7.80. The number of thiocarbonyl (C=S) groups is 1. The monoisotopic (exact) mass is 437 g/mol. The third-order valence-corrected chi connectivity index (χ3v) is 5.34. The Morgan fingerprint density at radius 2 is 1.74 bits per heavy atom. The number of ether oxygens (including phenoxy) is 1. The highest BCUT2D eigenvalue weighted by Gasteiger charge is 2.16. The van der Waals surface area contributed by atoms with E-state index in [0.29, 0.717) is 17.0 Å². The number of amides is 2. The van der Waals surface area contributed by atoms with E-state index in [1.54, 1.807) is 37.5 Å². The van der Waals surface area contributed by atoms with Crippen LogP contribution in [0.2, 0.25) is 0 Å². The molecule has 3 N–H and O–H groups in total. The number of benzene rings is 2. The molecule has 0 unspecified atom stereocenters. The van der Waals surface area contributed by atoms with Gasteiger partial charge < -0.3 is 15.4 Å². The molecule has 2 aromatic rings. The van der Waals surface area contributed by atoms with E-state index in [-0.39, 0.29) is 23.0 Å². The van der Waals surface area contributed by atoms with E-state index in [2.05, 4.69) is 16.0 Å². The van der Waals surface area contributed by atoms with Gasteiger partial charge in [0.25, 0.3) is 5.91 Å². The quantitative estimate of drug-likeness (QED) is 0.464. The lowest BCUT2D eigenvalue weighted by Crippen LogP contribution is -2.36. The fourth-order valence-electron chi connectivity index (χ4n) is 3.51. The molecule has 7 heteroatoms. The smallest absolute Gasteiger partial charge is 0.251 e. The first kappa shape index (κ1) is 22.5. The molecule has 0 spiro atoms. The molecule has 0 saturated heterocycles. The zero-order valence-corrected chi connectivity index (χ0v) is 18.3. The second-order valence-corrected chi connectivity index (χ2v) is 7.81. The summed E-state index contributed by atoms with van der Waals surface area (Å²) in [6.07, 6.45) is 8.74. The minimum atomic E-state index is -0.355. The molecule has 1 fully saturated rings. The van der Waals surface area contributed by atoms with Gasteiger partial charge in [0.1, 0.15) is 5.75 Å². The maximum Gasteiger partial charge on any atom is 0.251 e. The molecule has 6 nitrogen and oxygen atoms in total. The number of rotatable bonds is 6. The SMILES string of the molecule is COc1ccccc1/C=C/C(=O)NC(=S)Nc1ccc(C(=O)NC2CCCCC2)cc1. The maximum atomic E-state index is 12.4. The lowest BCUT2D eigenvalue weighted by Gasteiger charge is -2.22. The molecule has 2 aromatic carbocycles. The normalized spacial score (nSPS) is 14.1. The topological polar surface area (TPSA) is 79.5 Å². The Labute approximate surface area is 188 Å². The van der Waals surface area contributed by atoms with Crippen molar-refractivity contribution in [1.29, 1.82) is 0 Å². The van der Waals surface area contributed by atoms with Gasteiger partial charge in [0.15, 0.2) is 5.11 Å². The van der Waals surface area contributed by atoms with Crippen LogP contribution in [0.1, 0.15) is 48.0 Å². The number of nitrogens with one attached hydrogen (secondary N) is 3. The Morgan fingerprint density at radius 1 is 1.03 bits per heavy atom. The summed E-state index contributed by atoms with van der Waals surface area (Å²) in [6, 6.07) is 14.7. The summed E-state index contributed by atoms with van der Waals surface area (Å²) >= 11 is 5.20. The fourth-order valence-corrected chi connectivity index (χ4v) is 3.72.